The van der Waals surface area contributed by atoms with E-state index in [-0.39, 0.29) is 18.3 Å². The highest BCUT2D eigenvalue weighted by molar-refractivity contribution is 5.77. The van der Waals surface area contributed by atoms with Crippen LogP contribution in [0, 0.1) is 5.82 Å². The molecule has 0 aromatic heterocycles. The van der Waals surface area contributed by atoms with E-state index in [1.165, 1.54) is 6.07 Å². The average molecular weight is 298 g/mol. The number of hydrogen-bond donors (Lipinski definition) is 2. The molecular formula is C15H23FN2O3. The Kier molecular flexibility index (Phi) is 8.38. The quantitative estimate of drug-likeness (QED) is 0.642. The van der Waals surface area contributed by atoms with Crippen molar-refractivity contribution in [2.45, 2.75) is 19.9 Å². The van der Waals surface area contributed by atoms with E-state index < -0.39 is 5.82 Å². The number of methoxy groups -OCH3 is 1. The molecular weight excluding hydrogens is 275 g/mol. The molecule has 0 saturated carbocycles. The van der Waals surface area contributed by atoms with Crippen molar-refractivity contribution in [3.05, 3.63) is 29.6 Å². The van der Waals surface area contributed by atoms with Crippen LogP contribution in [-0.4, -0.2) is 39.3 Å². The summed E-state index contributed by atoms with van der Waals surface area (Å²) in [5, 5.41) is 5.78. The van der Waals surface area contributed by atoms with Crippen molar-refractivity contribution in [3.63, 3.8) is 0 Å². The fourth-order valence-corrected chi connectivity index (χ4v) is 1.68. The Morgan fingerprint density at radius 2 is 2.19 bits per heavy atom. The molecule has 0 spiro atoms. The van der Waals surface area contributed by atoms with Crippen molar-refractivity contribution in [2.75, 3.05) is 33.4 Å². The molecule has 2 N–H and O–H groups in total. The van der Waals surface area contributed by atoms with E-state index in [1.54, 1.807) is 19.2 Å². The van der Waals surface area contributed by atoms with Crippen molar-refractivity contribution >= 4 is 5.91 Å². The molecule has 0 unspecified atom stereocenters. The van der Waals surface area contributed by atoms with Crippen LogP contribution in [0.4, 0.5) is 4.39 Å². The minimum atomic E-state index is -0.461. The van der Waals surface area contributed by atoms with Gasteiger partial charge in [-0.3, -0.25) is 4.79 Å². The molecule has 0 heterocycles. The Morgan fingerprint density at radius 1 is 1.38 bits per heavy atom. The van der Waals surface area contributed by atoms with Crippen LogP contribution in [0.5, 0.6) is 5.75 Å². The minimum absolute atomic E-state index is 0.0855. The van der Waals surface area contributed by atoms with Crippen molar-refractivity contribution in [1.29, 1.82) is 0 Å². The van der Waals surface area contributed by atoms with E-state index in [9.17, 15) is 9.18 Å². The summed E-state index contributed by atoms with van der Waals surface area (Å²) < 4.78 is 23.8. The SMILES string of the molecule is CCNCc1ccc(OCC(=O)NCCCOC)c(F)c1. The fraction of sp³-hybridized carbons (Fsp3) is 0.533. The molecule has 0 aliphatic heterocycles. The topological polar surface area (TPSA) is 59.6 Å². The highest BCUT2D eigenvalue weighted by Gasteiger charge is 2.07. The van der Waals surface area contributed by atoms with Gasteiger partial charge in [-0.2, -0.15) is 0 Å². The number of nitrogens with one attached hydrogen (secondary N) is 2. The third-order valence-corrected chi connectivity index (χ3v) is 2.78. The maximum atomic E-state index is 13.8. The minimum Gasteiger partial charge on any atom is -0.481 e. The standard InChI is InChI=1S/C15H23FN2O3/c1-3-17-10-12-5-6-14(13(16)9-12)21-11-15(19)18-7-4-8-20-2/h5-6,9,17H,3-4,7-8,10-11H2,1-2H3,(H,18,19). The van der Waals surface area contributed by atoms with Crippen LogP contribution in [0.2, 0.25) is 0 Å². The van der Waals surface area contributed by atoms with Crippen molar-refractivity contribution in [2.24, 2.45) is 0 Å². The molecule has 118 valence electrons. The summed E-state index contributed by atoms with van der Waals surface area (Å²) in [6.07, 6.45) is 0.732. The van der Waals surface area contributed by atoms with Gasteiger partial charge >= 0.3 is 0 Å². The van der Waals surface area contributed by atoms with Gasteiger partial charge < -0.3 is 20.1 Å². The summed E-state index contributed by atoms with van der Waals surface area (Å²) in [4.78, 5) is 11.5. The second kappa shape index (κ2) is 10.1. The van der Waals surface area contributed by atoms with Crippen molar-refractivity contribution in [3.8, 4) is 5.75 Å². The molecule has 0 aliphatic rings. The lowest BCUT2D eigenvalue weighted by Crippen LogP contribution is -2.30. The van der Waals surface area contributed by atoms with Crippen LogP contribution in [0.25, 0.3) is 0 Å². The highest BCUT2D eigenvalue weighted by Crippen LogP contribution is 2.18. The monoisotopic (exact) mass is 298 g/mol. The number of amides is 1. The van der Waals surface area contributed by atoms with E-state index in [0.717, 1.165) is 18.5 Å². The number of ether oxygens (including phenoxy) is 2. The zero-order chi connectivity index (χ0) is 15.5. The number of carbonyl (C=O) groups is 1. The van der Waals surface area contributed by atoms with Gasteiger partial charge in [0.05, 0.1) is 0 Å². The fourth-order valence-electron chi connectivity index (χ4n) is 1.68. The van der Waals surface area contributed by atoms with Crippen LogP contribution >= 0.6 is 0 Å². The van der Waals surface area contributed by atoms with E-state index in [0.29, 0.717) is 19.7 Å². The Hall–Kier alpha value is -1.66. The first-order chi connectivity index (χ1) is 10.2. The molecule has 1 aromatic rings. The number of halogens is 1. The average Bonchev–Trinajstić information content (AvgIpc) is 2.48. The van der Waals surface area contributed by atoms with E-state index >= 15 is 0 Å². The van der Waals surface area contributed by atoms with Crippen LogP contribution in [-0.2, 0) is 16.1 Å². The lowest BCUT2D eigenvalue weighted by molar-refractivity contribution is -0.123. The summed E-state index contributed by atoms with van der Waals surface area (Å²) in [7, 11) is 1.60. The van der Waals surface area contributed by atoms with Gasteiger partial charge in [-0.15, -0.1) is 0 Å². The summed E-state index contributed by atoms with van der Waals surface area (Å²) >= 11 is 0. The van der Waals surface area contributed by atoms with Gasteiger partial charge in [0, 0.05) is 26.8 Å². The largest absolute Gasteiger partial charge is 0.481 e. The predicted octanol–water partition coefficient (Wildman–Crippen LogP) is 1.47. The lowest BCUT2D eigenvalue weighted by atomic mass is 10.2. The Balaban J connectivity index is 2.35. The summed E-state index contributed by atoms with van der Waals surface area (Å²) in [6, 6.07) is 4.73. The molecule has 5 nitrogen and oxygen atoms in total. The summed E-state index contributed by atoms with van der Waals surface area (Å²) in [5.74, 6) is -0.651. The van der Waals surface area contributed by atoms with Gasteiger partial charge in [0.1, 0.15) is 0 Å². The first kappa shape index (κ1) is 17.4. The maximum absolute atomic E-state index is 13.8. The highest BCUT2D eigenvalue weighted by atomic mass is 19.1. The van der Waals surface area contributed by atoms with Crippen LogP contribution in [0.15, 0.2) is 18.2 Å². The van der Waals surface area contributed by atoms with E-state index in [4.69, 9.17) is 9.47 Å². The predicted molar refractivity (Wildman–Crippen MR) is 78.8 cm³/mol. The van der Waals surface area contributed by atoms with Gasteiger partial charge in [-0.1, -0.05) is 13.0 Å². The summed E-state index contributed by atoms with van der Waals surface area (Å²) in [5.41, 5.74) is 0.839. The van der Waals surface area contributed by atoms with Crippen molar-refractivity contribution in [1.82, 2.24) is 10.6 Å². The second-order valence-corrected chi connectivity index (χ2v) is 4.53. The number of rotatable bonds is 10. The lowest BCUT2D eigenvalue weighted by Gasteiger charge is -2.09. The molecule has 21 heavy (non-hydrogen) atoms. The third-order valence-electron chi connectivity index (χ3n) is 2.78. The number of benzene rings is 1. The molecule has 0 fully saturated rings. The second-order valence-electron chi connectivity index (χ2n) is 4.53. The van der Waals surface area contributed by atoms with Crippen molar-refractivity contribution < 1.29 is 18.7 Å². The molecule has 6 heteroatoms. The zero-order valence-electron chi connectivity index (χ0n) is 12.6. The van der Waals surface area contributed by atoms with Gasteiger partial charge in [0.25, 0.3) is 5.91 Å². The number of carbonyl (C=O) groups excluding carboxylic acids is 1. The maximum Gasteiger partial charge on any atom is 0.257 e. The normalized spacial score (nSPS) is 10.4. The Morgan fingerprint density at radius 3 is 2.86 bits per heavy atom. The molecule has 0 bridgehead atoms. The van der Waals surface area contributed by atoms with Crippen LogP contribution in [0.3, 0.4) is 0 Å². The Labute approximate surface area is 124 Å². The molecule has 0 radical (unpaired) electrons. The first-order valence-electron chi connectivity index (χ1n) is 7.05. The molecule has 0 saturated heterocycles. The van der Waals surface area contributed by atoms with E-state index in [1.807, 2.05) is 6.92 Å². The van der Waals surface area contributed by atoms with Gasteiger partial charge in [0.2, 0.25) is 0 Å². The smallest absolute Gasteiger partial charge is 0.257 e. The summed E-state index contributed by atoms with van der Waals surface area (Å²) in [6.45, 7) is 4.31. The van der Waals surface area contributed by atoms with Gasteiger partial charge in [-0.25, -0.2) is 4.39 Å². The Bertz CT molecular complexity index is 441. The van der Waals surface area contributed by atoms with E-state index in [2.05, 4.69) is 10.6 Å². The molecule has 0 aliphatic carbocycles. The molecule has 1 aromatic carbocycles. The first-order valence-corrected chi connectivity index (χ1v) is 7.05. The number of hydrogen-bond acceptors (Lipinski definition) is 4. The van der Waals surface area contributed by atoms with Crippen LogP contribution in [0.1, 0.15) is 18.9 Å². The zero-order valence-corrected chi connectivity index (χ0v) is 12.6. The third kappa shape index (κ3) is 7.06. The molecule has 0 atom stereocenters. The molecule has 1 amide bonds. The van der Waals surface area contributed by atoms with Crippen LogP contribution < -0.4 is 15.4 Å². The molecule has 1 rings (SSSR count). The van der Waals surface area contributed by atoms with Gasteiger partial charge in [0.15, 0.2) is 18.2 Å². The van der Waals surface area contributed by atoms with Gasteiger partial charge in [-0.05, 0) is 30.7 Å².